The third-order valence-electron chi connectivity index (χ3n) is 9.11. The summed E-state index contributed by atoms with van der Waals surface area (Å²) in [5, 5.41) is 1.37. The molecule has 4 bridgehead atoms. The van der Waals surface area contributed by atoms with Gasteiger partial charge < -0.3 is 4.74 Å². The Hall–Kier alpha value is 0.660. The first-order chi connectivity index (χ1) is 11.2. The van der Waals surface area contributed by atoms with Crippen LogP contribution in [0.15, 0.2) is 0 Å². The van der Waals surface area contributed by atoms with Gasteiger partial charge in [0.1, 0.15) is 0 Å². The fourth-order valence-electron chi connectivity index (χ4n) is 8.50. The lowest BCUT2D eigenvalue weighted by Crippen LogP contribution is -2.38. The van der Waals surface area contributed by atoms with E-state index in [4.69, 9.17) is 30.0 Å². The first kappa shape index (κ1) is 14.8. The van der Waals surface area contributed by atoms with Crippen LogP contribution in [-0.4, -0.2) is 22.7 Å². The molecule has 12 unspecified atom stereocenters. The number of hydrogen-bond acceptors (Lipinski definition) is 3. The summed E-state index contributed by atoms with van der Waals surface area (Å²) in [6, 6.07) is 0. The first-order valence-electron chi connectivity index (χ1n) is 10.2. The summed E-state index contributed by atoms with van der Waals surface area (Å²) in [7, 11) is 0. The molecule has 128 valence electrons. The van der Waals surface area contributed by atoms with Crippen molar-refractivity contribution >= 4 is 25.3 Å². The number of rotatable bonds is 2. The van der Waals surface area contributed by atoms with Gasteiger partial charge in [-0.15, -0.1) is 0 Å². The Balaban J connectivity index is 1.16. The van der Waals surface area contributed by atoms with Crippen molar-refractivity contribution in [3.8, 4) is 0 Å². The third-order valence-corrected chi connectivity index (χ3v) is 9.96. The molecule has 6 rings (SSSR count). The highest BCUT2D eigenvalue weighted by molar-refractivity contribution is 7.81. The Morgan fingerprint density at radius 3 is 1.39 bits per heavy atom. The second-order valence-electron chi connectivity index (χ2n) is 9.91. The molecule has 3 heteroatoms. The molecule has 6 aliphatic rings. The van der Waals surface area contributed by atoms with Crippen LogP contribution >= 0.6 is 25.3 Å². The molecule has 1 nitrogen and oxygen atoms in total. The van der Waals surface area contributed by atoms with Crippen LogP contribution in [0.25, 0.3) is 0 Å². The highest BCUT2D eigenvalue weighted by Gasteiger charge is 2.59. The summed E-state index contributed by atoms with van der Waals surface area (Å²) in [6.07, 6.45) is 12.5. The Kier molecular flexibility index (Phi) is 3.28. The fraction of sp³-hybridized carbons (Fsp3) is 1.00. The van der Waals surface area contributed by atoms with E-state index in [9.17, 15) is 0 Å². The van der Waals surface area contributed by atoms with Gasteiger partial charge in [0.15, 0.2) is 0 Å². The van der Waals surface area contributed by atoms with E-state index in [0.717, 1.165) is 47.3 Å². The Morgan fingerprint density at radius 1 is 0.478 bits per heavy atom. The van der Waals surface area contributed by atoms with Crippen LogP contribution in [0.4, 0.5) is 0 Å². The standard InChI is InChI=1S/C20H30OS2/c22-11-5-13-9-1-17(15(13)7-11)19(3-9)21-20-4-10-2-18(20)16-8-12(23)6-14(10)16/h9-20,22-23H,1-8H2. The van der Waals surface area contributed by atoms with E-state index in [0.29, 0.717) is 22.7 Å². The molecule has 6 fully saturated rings. The Labute approximate surface area is 151 Å². The maximum atomic E-state index is 6.88. The molecule has 0 aromatic heterocycles. The zero-order valence-electron chi connectivity index (χ0n) is 13.9. The normalized spacial score (nSPS) is 65.5. The number of thiol groups is 2. The molecule has 0 saturated heterocycles. The third kappa shape index (κ3) is 2.05. The lowest BCUT2D eigenvalue weighted by molar-refractivity contribution is -0.0904. The molecule has 6 saturated carbocycles. The average molecular weight is 351 g/mol. The van der Waals surface area contributed by atoms with E-state index >= 15 is 0 Å². The molecule has 23 heavy (non-hydrogen) atoms. The average Bonchev–Trinajstić information content (AvgIpc) is 3.24. The van der Waals surface area contributed by atoms with E-state index in [1.165, 1.54) is 51.4 Å². The molecule has 0 N–H and O–H groups in total. The molecule has 0 heterocycles. The number of hydrogen-bond donors (Lipinski definition) is 2. The molecular weight excluding hydrogens is 320 g/mol. The SMILES string of the molecule is SC1CC2C3CC(OC4CC5CC4C4CC(S)CC54)C(C3)C2C1. The predicted octanol–water partition coefficient (Wildman–Crippen LogP) is 4.47. The molecule has 6 aliphatic carbocycles. The van der Waals surface area contributed by atoms with E-state index < -0.39 is 0 Å². The van der Waals surface area contributed by atoms with Crippen molar-refractivity contribution in [3.63, 3.8) is 0 Å². The molecule has 0 spiro atoms. The zero-order valence-corrected chi connectivity index (χ0v) is 15.7. The van der Waals surface area contributed by atoms with Gasteiger partial charge in [0, 0.05) is 10.5 Å². The van der Waals surface area contributed by atoms with Crippen molar-refractivity contribution in [2.45, 2.75) is 74.1 Å². The summed E-state index contributed by atoms with van der Waals surface area (Å²) < 4.78 is 6.88. The molecule has 0 aliphatic heterocycles. The Morgan fingerprint density at radius 2 is 0.913 bits per heavy atom. The van der Waals surface area contributed by atoms with Crippen LogP contribution in [-0.2, 0) is 4.74 Å². The molecule has 12 atom stereocenters. The zero-order chi connectivity index (χ0) is 15.3. The van der Waals surface area contributed by atoms with Crippen molar-refractivity contribution in [3.05, 3.63) is 0 Å². The maximum Gasteiger partial charge on any atom is 0.0612 e. The summed E-state index contributed by atoms with van der Waals surface area (Å²) in [5.74, 6) is 7.66. The highest BCUT2D eigenvalue weighted by Crippen LogP contribution is 2.63. The van der Waals surface area contributed by atoms with E-state index in [2.05, 4.69) is 0 Å². The van der Waals surface area contributed by atoms with Gasteiger partial charge in [-0.1, -0.05) is 0 Å². The van der Waals surface area contributed by atoms with E-state index in [1.54, 1.807) is 0 Å². The minimum atomic E-state index is 0.607. The van der Waals surface area contributed by atoms with Crippen LogP contribution in [0, 0.1) is 47.3 Å². The van der Waals surface area contributed by atoms with Gasteiger partial charge in [0.25, 0.3) is 0 Å². The molecular formula is C20H30OS2. The lowest BCUT2D eigenvalue weighted by Gasteiger charge is -2.37. The van der Waals surface area contributed by atoms with Gasteiger partial charge in [-0.2, -0.15) is 25.3 Å². The smallest absolute Gasteiger partial charge is 0.0612 e. The van der Waals surface area contributed by atoms with Gasteiger partial charge in [0.2, 0.25) is 0 Å². The highest BCUT2D eigenvalue weighted by atomic mass is 32.1. The quantitative estimate of drug-likeness (QED) is 0.699. The second-order valence-corrected chi connectivity index (χ2v) is 11.4. The Bertz CT molecular complexity index is 466. The van der Waals surface area contributed by atoms with Crippen molar-refractivity contribution in [1.82, 2.24) is 0 Å². The van der Waals surface area contributed by atoms with Crippen LogP contribution in [0.5, 0.6) is 0 Å². The van der Waals surface area contributed by atoms with Crippen molar-refractivity contribution in [2.75, 3.05) is 0 Å². The fourth-order valence-corrected chi connectivity index (χ4v) is 9.47. The molecule has 0 radical (unpaired) electrons. The van der Waals surface area contributed by atoms with Crippen LogP contribution in [0.2, 0.25) is 0 Å². The van der Waals surface area contributed by atoms with Crippen LogP contribution < -0.4 is 0 Å². The number of ether oxygens (including phenoxy) is 1. The minimum Gasteiger partial charge on any atom is -0.374 e. The van der Waals surface area contributed by atoms with E-state index in [1.807, 2.05) is 0 Å². The van der Waals surface area contributed by atoms with Crippen molar-refractivity contribution in [1.29, 1.82) is 0 Å². The summed E-state index contributed by atoms with van der Waals surface area (Å²) in [5.41, 5.74) is 0. The van der Waals surface area contributed by atoms with Gasteiger partial charge in [-0.25, -0.2) is 0 Å². The van der Waals surface area contributed by atoms with Gasteiger partial charge in [0.05, 0.1) is 12.2 Å². The van der Waals surface area contributed by atoms with Crippen LogP contribution in [0.3, 0.4) is 0 Å². The number of fused-ring (bicyclic) bond motifs is 10. The summed E-state index contributed by atoms with van der Waals surface area (Å²) >= 11 is 9.58. The summed E-state index contributed by atoms with van der Waals surface area (Å²) in [4.78, 5) is 0. The monoisotopic (exact) mass is 350 g/mol. The van der Waals surface area contributed by atoms with Gasteiger partial charge >= 0.3 is 0 Å². The van der Waals surface area contributed by atoms with E-state index in [-0.39, 0.29) is 0 Å². The first-order valence-corrected chi connectivity index (χ1v) is 11.2. The van der Waals surface area contributed by atoms with Gasteiger partial charge in [-0.05, 0) is 98.7 Å². The predicted molar refractivity (Wildman–Crippen MR) is 99.1 cm³/mol. The van der Waals surface area contributed by atoms with Crippen molar-refractivity contribution < 1.29 is 4.74 Å². The van der Waals surface area contributed by atoms with Crippen molar-refractivity contribution in [2.24, 2.45) is 47.3 Å². The largest absolute Gasteiger partial charge is 0.374 e. The lowest BCUT2D eigenvalue weighted by atomic mass is 9.78. The minimum absolute atomic E-state index is 0.607. The summed E-state index contributed by atoms with van der Waals surface area (Å²) in [6.45, 7) is 0. The molecule has 0 amide bonds. The topological polar surface area (TPSA) is 9.23 Å². The second kappa shape index (κ2) is 5.10. The van der Waals surface area contributed by atoms with Gasteiger partial charge in [-0.3, -0.25) is 0 Å². The molecule has 0 aromatic rings. The maximum absolute atomic E-state index is 6.88. The van der Waals surface area contributed by atoms with Crippen LogP contribution in [0.1, 0.15) is 51.4 Å². The molecule has 0 aromatic carbocycles.